The lowest BCUT2D eigenvalue weighted by Crippen LogP contribution is -2.53. The van der Waals surface area contributed by atoms with Gasteiger partial charge in [-0.2, -0.15) is 0 Å². The highest BCUT2D eigenvalue weighted by atomic mass is 79.9. The number of carbonyl (C=O) groups excluding carboxylic acids is 1. The van der Waals surface area contributed by atoms with Crippen LogP contribution < -0.4 is 10.6 Å². The van der Waals surface area contributed by atoms with E-state index in [1.54, 1.807) is 9.80 Å². The second kappa shape index (κ2) is 5.28. The molecule has 1 fully saturated rings. The van der Waals surface area contributed by atoms with Gasteiger partial charge >= 0.3 is 6.03 Å². The molecule has 0 radical (unpaired) electrons. The van der Waals surface area contributed by atoms with E-state index >= 15 is 0 Å². The van der Waals surface area contributed by atoms with E-state index in [-0.39, 0.29) is 6.03 Å². The molecule has 1 heterocycles. The fraction of sp³-hybridized carbons (Fsp3) is 0.462. The third-order valence-electron chi connectivity index (χ3n) is 3.32. The molecule has 2 amide bonds. The zero-order valence-electron chi connectivity index (χ0n) is 10.7. The number of amides is 2. The second-order valence-electron chi connectivity index (χ2n) is 4.81. The zero-order valence-corrected chi connectivity index (χ0v) is 12.3. The molecule has 0 saturated carbocycles. The molecule has 1 aliphatic rings. The minimum Gasteiger partial charge on any atom is -0.330 e. The summed E-state index contributed by atoms with van der Waals surface area (Å²) in [5, 5.41) is 0. The van der Waals surface area contributed by atoms with Gasteiger partial charge in [0.05, 0.1) is 0 Å². The van der Waals surface area contributed by atoms with Crippen molar-refractivity contribution in [2.75, 3.05) is 31.6 Å². The van der Waals surface area contributed by atoms with Gasteiger partial charge in [-0.3, -0.25) is 4.90 Å². The summed E-state index contributed by atoms with van der Waals surface area (Å²) in [6.45, 7) is 4.05. The smallest absolute Gasteiger partial charge is 0.324 e. The summed E-state index contributed by atoms with van der Waals surface area (Å²) in [5.41, 5.74) is 7.79. The molecule has 5 heteroatoms. The number of anilines is 1. The first-order valence-corrected chi connectivity index (χ1v) is 6.81. The summed E-state index contributed by atoms with van der Waals surface area (Å²) in [5.74, 6) is 0.330. The monoisotopic (exact) mass is 311 g/mol. The quantitative estimate of drug-likeness (QED) is 0.910. The number of urea groups is 1. The van der Waals surface area contributed by atoms with Crippen LogP contribution in [0.5, 0.6) is 0 Å². The summed E-state index contributed by atoms with van der Waals surface area (Å²) in [6, 6.07) is 6.00. The lowest BCUT2D eigenvalue weighted by atomic mass is 10.1. The average molecular weight is 312 g/mol. The van der Waals surface area contributed by atoms with E-state index in [4.69, 9.17) is 5.73 Å². The molecule has 1 atom stereocenters. The van der Waals surface area contributed by atoms with Gasteiger partial charge in [-0.05, 0) is 37.2 Å². The molecule has 1 unspecified atom stereocenters. The second-order valence-corrected chi connectivity index (χ2v) is 5.66. The van der Waals surface area contributed by atoms with Crippen LogP contribution in [-0.2, 0) is 0 Å². The Morgan fingerprint density at radius 2 is 2.17 bits per heavy atom. The van der Waals surface area contributed by atoms with Gasteiger partial charge in [0.2, 0.25) is 0 Å². The standard InChI is InChI=1S/C13H18BrN3O/c1-9-5-11(3-4-12(9)14)17-8-10(6-15)7-16(2)13(17)18/h3-5,10H,6-8,15H2,1-2H3. The van der Waals surface area contributed by atoms with Crippen LogP contribution >= 0.6 is 15.9 Å². The number of benzene rings is 1. The average Bonchev–Trinajstić information content (AvgIpc) is 2.36. The van der Waals surface area contributed by atoms with Gasteiger partial charge < -0.3 is 10.6 Å². The number of aryl methyl sites for hydroxylation is 1. The molecule has 1 aliphatic heterocycles. The van der Waals surface area contributed by atoms with E-state index in [1.807, 2.05) is 32.2 Å². The molecule has 1 aromatic carbocycles. The van der Waals surface area contributed by atoms with Crippen molar-refractivity contribution in [2.45, 2.75) is 6.92 Å². The molecule has 1 saturated heterocycles. The molecule has 0 spiro atoms. The lowest BCUT2D eigenvalue weighted by molar-refractivity contribution is 0.194. The Morgan fingerprint density at radius 1 is 1.44 bits per heavy atom. The summed E-state index contributed by atoms with van der Waals surface area (Å²) in [4.78, 5) is 15.7. The summed E-state index contributed by atoms with van der Waals surface area (Å²) in [6.07, 6.45) is 0. The van der Waals surface area contributed by atoms with Crippen molar-refractivity contribution in [1.29, 1.82) is 0 Å². The van der Waals surface area contributed by atoms with E-state index in [2.05, 4.69) is 15.9 Å². The van der Waals surface area contributed by atoms with Gasteiger partial charge in [0.25, 0.3) is 0 Å². The number of carbonyl (C=O) groups is 1. The number of halogens is 1. The van der Waals surface area contributed by atoms with Crippen molar-refractivity contribution >= 4 is 27.6 Å². The van der Waals surface area contributed by atoms with E-state index in [0.29, 0.717) is 19.0 Å². The zero-order chi connectivity index (χ0) is 13.3. The van der Waals surface area contributed by atoms with Crippen LogP contribution in [0.1, 0.15) is 5.56 Å². The Bertz CT molecular complexity index is 464. The van der Waals surface area contributed by atoms with Crippen molar-refractivity contribution in [2.24, 2.45) is 11.7 Å². The SMILES string of the molecule is Cc1cc(N2CC(CN)CN(C)C2=O)ccc1Br. The number of hydrogen-bond donors (Lipinski definition) is 1. The van der Waals surface area contributed by atoms with Crippen LogP contribution in [-0.4, -0.2) is 37.6 Å². The maximum atomic E-state index is 12.2. The van der Waals surface area contributed by atoms with Gasteiger partial charge in [0, 0.05) is 36.2 Å². The van der Waals surface area contributed by atoms with Gasteiger partial charge in [-0.15, -0.1) is 0 Å². The van der Waals surface area contributed by atoms with Crippen LogP contribution in [0, 0.1) is 12.8 Å². The molecule has 0 aromatic heterocycles. The third kappa shape index (κ3) is 2.52. The third-order valence-corrected chi connectivity index (χ3v) is 4.21. The predicted molar refractivity (Wildman–Crippen MR) is 76.8 cm³/mol. The van der Waals surface area contributed by atoms with Crippen LogP contribution in [0.25, 0.3) is 0 Å². The molecular formula is C13H18BrN3O. The fourth-order valence-corrected chi connectivity index (χ4v) is 2.47. The first-order chi connectivity index (χ1) is 8.52. The van der Waals surface area contributed by atoms with Gasteiger partial charge in [0.1, 0.15) is 0 Å². The van der Waals surface area contributed by atoms with Crippen LogP contribution in [0.3, 0.4) is 0 Å². The molecule has 1 aromatic rings. The molecule has 2 N–H and O–H groups in total. The van der Waals surface area contributed by atoms with Crippen LogP contribution in [0.2, 0.25) is 0 Å². The first-order valence-electron chi connectivity index (χ1n) is 6.01. The van der Waals surface area contributed by atoms with E-state index in [9.17, 15) is 4.79 Å². The molecule has 0 aliphatic carbocycles. The Kier molecular flexibility index (Phi) is 3.92. The van der Waals surface area contributed by atoms with E-state index in [1.165, 1.54) is 0 Å². The number of nitrogens with two attached hydrogens (primary N) is 1. The molecule has 18 heavy (non-hydrogen) atoms. The molecule has 4 nitrogen and oxygen atoms in total. The van der Waals surface area contributed by atoms with E-state index < -0.39 is 0 Å². The maximum absolute atomic E-state index is 12.2. The highest BCUT2D eigenvalue weighted by molar-refractivity contribution is 9.10. The van der Waals surface area contributed by atoms with Crippen molar-refractivity contribution < 1.29 is 4.79 Å². The van der Waals surface area contributed by atoms with Crippen molar-refractivity contribution in [1.82, 2.24) is 4.90 Å². The number of rotatable bonds is 2. The number of hydrogen-bond acceptors (Lipinski definition) is 2. The first kappa shape index (κ1) is 13.4. The Hall–Kier alpha value is -1.07. The highest BCUT2D eigenvalue weighted by Gasteiger charge is 2.29. The summed E-state index contributed by atoms with van der Waals surface area (Å²) in [7, 11) is 1.82. The topological polar surface area (TPSA) is 49.6 Å². The number of nitrogens with zero attached hydrogens (tertiary/aromatic N) is 2. The molecule has 0 bridgehead atoms. The van der Waals surface area contributed by atoms with Crippen LogP contribution in [0.15, 0.2) is 22.7 Å². The largest absolute Gasteiger partial charge is 0.330 e. The van der Waals surface area contributed by atoms with Crippen molar-refractivity contribution in [3.05, 3.63) is 28.2 Å². The summed E-state index contributed by atoms with van der Waals surface area (Å²) >= 11 is 3.47. The molecule has 98 valence electrons. The van der Waals surface area contributed by atoms with Gasteiger partial charge in [0.15, 0.2) is 0 Å². The van der Waals surface area contributed by atoms with Crippen molar-refractivity contribution in [3.8, 4) is 0 Å². The summed E-state index contributed by atoms with van der Waals surface area (Å²) < 4.78 is 1.06. The van der Waals surface area contributed by atoms with Gasteiger partial charge in [-0.1, -0.05) is 15.9 Å². The molecular weight excluding hydrogens is 294 g/mol. The van der Waals surface area contributed by atoms with Crippen molar-refractivity contribution in [3.63, 3.8) is 0 Å². The van der Waals surface area contributed by atoms with Gasteiger partial charge in [-0.25, -0.2) is 4.79 Å². The Balaban J connectivity index is 2.29. The Morgan fingerprint density at radius 3 is 2.78 bits per heavy atom. The lowest BCUT2D eigenvalue weighted by Gasteiger charge is -2.38. The maximum Gasteiger partial charge on any atom is 0.324 e. The Labute approximate surface area is 116 Å². The van der Waals surface area contributed by atoms with E-state index in [0.717, 1.165) is 22.3 Å². The highest BCUT2D eigenvalue weighted by Crippen LogP contribution is 2.26. The predicted octanol–water partition coefficient (Wildman–Crippen LogP) is 2.20. The molecule has 2 rings (SSSR count). The minimum atomic E-state index is 0.0430. The normalized spacial score (nSPS) is 20.4. The minimum absolute atomic E-state index is 0.0430. The van der Waals surface area contributed by atoms with Crippen LogP contribution in [0.4, 0.5) is 10.5 Å². The fourth-order valence-electron chi connectivity index (χ4n) is 2.23.